The summed E-state index contributed by atoms with van der Waals surface area (Å²) in [6.45, 7) is 0.569. The Hall–Kier alpha value is -2.38. The summed E-state index contributed by atoms with van der Waals surface area (Å²) >= 11 is 0. The van der Waals surface area contributed by atoms with Crippen molar-refractivity contribution in [1.29, 1.82) is 0 Å². The highest BCUT2D eigenvalue weighted by molar-refractivity contribution is 5.76. The van der Waals surface area contributed by atoms with Gasteiger partial charge in [-0.2, -0.15) is 17.7 Å². The molecule has 1 aliphatic heterocycles. The van der Waals surface area contributed by atoms with Crippen LogP contribution in [0.1, 0.15) is 16.8 Å². The van der Waals surface area contributed by atoms with E-state index in [0.717, 1.165) is 12.3 Å². The molecular weight excluding hydrogens is 297 g/mol. The number of aromatic nitrogens is 3. The number of imidazole rings is 1. The fraction of sp³-hybridized carbons (Fsp3) is 0.357. The van der Waals surface area contributed by atoms with E-state index in [2.05, 4.69) is 4.98 Å². The monoisotopic (exact) mass is 311 g/mol. The Morgan fingerprint density at radius 2 is 2.18 bits per heavy atom. The minimum atomic E-state index is -4.43. The van der Waals surface area contributed by atoms with Crippen molar-refractivity contribution in [3.8, 4) is 0 Å². The van der Waals surface area contributed by atoms with Gasteiger partial charge in [0.2, 0.25) is 0 Å². The molecule has 0 unspecified atom stereocenters. The number of halogens is 3. The second-order valence-corrected chi connectivity index (χ2v) is 5.27. The Morgan fingerprint density at radius 3 is 2.82 bits per heavy atom. The number of pyridine rings is 1. The molecule has 0 bridgehead atoms. The zero-order chi connectivity index (χ0) is 15.9. The van der Waals surface area contributed by atoms with Crippen LogP contribution >= 0.6 is 0 Å². The van der Waals surface area contributed by atoms with E-state index in [-0.39, 0.29) is 12.6 Å². The molecule has 0 saturated heterocycles. The zero-order valence-electron chi connectivity index (χ0n) is 11.8. The maximum atomic E-state index is 12.8. The highest BCUT2D eigenvalue weighted by Gasteiger charge is 2.33. The molecule has 0 N–H and O–H groups in total. The first kappa shape index (κ1) is 14.6. The van der Waals surface area contributed by atoms with Crippen molar-refractivity contribution >= 4 is 6.03 Å². The first-order valence-electron chi connectivity index (χ1n) is 6.72. The third-order valence-corrected chi connectivity index (χ3v) is 3.63. The van der Waals surface area contributed by atoms with Crippen LogP contribution in [0.2, 0.25) is 0 Å². The second kappa shape index (κ2) is 5.11. The van der Waals surface area contributed by atoms with Crippen LogP contribution in [-0.2, 0) is 26.2 Å². The molecule has 0 fully saturated rings. The standard InChI is InChI=1S/C14H14F3N4O/c1-19-4-5-21(9-19)13(22)20-3-2-12-10(8-20)6-11(7-18-12)14(15,16)17/h4-7,9H,2-3,8H2,1H3/q+1. The van der Waals surface area contributed by atoms with Crippen molar-refractivity contribution in [1.82, 2.24) is 14.5 Å². The van der Waals surface area contributed by atoms with Gasteiger partial charge in [-0.25, -0.2) is 9.36 Å². The largest absolute Gasteiger partial charge is 0.417 e. The third kappa shape index (κ3) is 2.68. The lowest BCUT2D eigenvalue weighted by Crippen LogP contribution is -2.39. The molecule has 0 aromatic carbocycles. The second-order valence-electron chi connectivity index (χ2n) is 5.27. The van der Waals surface area contributed by atoms with Crippen LogP contribution in [0, 0.1) is 0 Å². The van der Waals surface area contributed by atoms with Gasteiger partial charge >= 0.3 is 12.2 Å². The molecule has 3 heterocycles. The quantitative estimate of drug-likeness (QED) is 0.696. The fourth-order valence-electron chi connectivity index (χ4n) is 2.47. The summed E-state index contributed by atoms with van der Waals surface area (Å²) in [7, 11) is 1.79. The van der Waals surface area contributed by atoms with E-state index in [1.54, 1.807) is 30.3 Å². The SMILES string of the molecule is C[n+]1ccn(C(=O)N2CCc3ncc(C(F)(F)F)cc3C2)c1. The lowest BCUT2D eigenvalue weighted by atomic mass is 10.0. The molecule has 0 aliphatic carbocycles. The minimum absolute atomic E-state index is 0.132. The Bertz CT molecular complexity index is 723. The number of aryl methyl sites for hydroxylation is 1. The molecule has 1 aliphatic rings. The van der Waals surface area contributed by atoms with Crippen molar-refractivity contribution < 1.29 is 22.5 Å². The van der Waals surface area contributed by atoms with E-state index < -0.39 is 11.7 Å². The van der Waals surface area contributed by atoms with Crippen LogP contribution < -0.4 is 4.57 Å². The predicted octanol–water partition coefficient (Wildman–Crippen LogP) is 1.75. The van der Waals surface area contributed by atoms with Gasteiger partial charge in [-0.3, -0.25) is 9.88 Å². The maximum absolute atomic E-state index is 12.8. The highest BCUT2D eigenvalue weighted by atomic mass is 19.4. The highest BCUT2D eigenvalue weighted by Crippen LogP contribution is 2.31. The molecule has 3 rings (SSSR count). The number of carbonyl (C=O) groups excluding carboxylic acids is 1. The van der Waals surface area contributed by atoms with Gasteiger partial charge < -0.3 is 0 Å². The van der Waals surface area contributed by atoms with Gasteiger partial charge in [0.1, 0.15) is 12.4 Å². The Balaban J connectivity index is 1.85. The number of hydrogen-bond donors (Lipinski definition) is 0. The molecule has 0 spiro atoms. The van der Waals surface area contributed by atoms with E-state index in [0.29, 0.717) is 24.2 Å². The van der Waals surface area contributed by atoms with Gasteiger partial charge in [-0.1, -0.05) is 0 Å². The van der Waals surface area contributed by atoms with Crippen molar-refractivity contribution in [2.45, 2.75) is 19.1 Å². The smallest absolute Gasteiger partial charge is 0.300 e. The average Bonchev–Trinajstić information content (AvgIpc) is 2.91. The molecule has 2 aromatic rings. The van der Waals surface area contributed by atoms with Crippen LogP contribution in [0.4, 0.5) is 18.0 Å². The van der Waals surface area contributed by atoms with Gasteiger partial charge in [0.05, 0.1) is 19.2 Å². The van der Waals surface area contributed by atoms with Gasteiger partial charge in [0, 0.05) is 24.9 Å². The zero-order valence-corrected chi connectivity index (χ0v) is 11.8. The molecule has 8 heteroatoms. The number of alkyl halides is 3. The molecule has 116 valence electrons. The number of hydrogen-bond acceptors (Lipinski definition) is 2. The Labute approximate surface area is 124 Å². The molecule has 0 saturated carbocycles. The summed E-state index contributed by atoms with van der Waals surface area (Å²) < 4.78 is 41.4. The maximum Gasteiger partial charge on any atom is 0.417 e. The molecule has 22 heavy (non-hydrogen) atoms. The van der Waals surface area contributed by atoms with Crippen LogP contribution in [0.5, 0.6) is 0 Å². The van der Waals surface area contributed by atoms with Gasteiger partial charge in [0.15, 0.2) is 0 Å². The van der Waals surface area contributed by atoms with Crippen LogP contribution in [0.3, 0.4) is 0 Å². The van der Waals surface area contributed by atoms with E-state index in [9.17, 15) is 18.0 Å². The molecular formula is C14H14F3N4O+. The Morgan fingerprint density at radius 1 is 1.41 bits per heavy atom. The summed E-state index contributed by atoms with van der Waals surface area (Å²) in [5.41, 5.74) is 0.286. The van der Waals surface area contributed by atoms with Crippen LogP contribution in [-0.4, -0.2) is 27.0 Å². The lowest BCUT2D eigenvalue weighted by molar-refractivity contribution is -0.670. The summed E-state index contributed by atoms with van der Waals surface area (Å²) in [6, 6.07) is 0.820. The topological polar surface area (TPSA) is 42.0 Å². The van der Waals surface area contributed by atoms with Crippen molar-refractivity contribution in [3.63, 3.8) is 0 Å². The number of carbonyl (C=O) groups is 1. The van der Waals surface area contributed by atoms with Crippen LogP contribution in [0.15, 0.2) is 31.0 Å². The summed E-state index contributed by atoms with van der Waals surface area (Å²) in [5.74, 6) is 0. The lowest BCUT2D eigenvalue weighted by Gasteiger charge is -2.26. The van der Waals surface area contributed by atoms with Crippen molar-refractivity contribution in [3.05, 3.63) is 47.8 Å². The van der Waals surface area contributed by atoms with Gasteiger partial charge in [0.25, 0.3) is 6.33 Å². The first-order chi connectivity index (χ1) is 10.3. The molecule has 1 amide bonds. The first-order valence-corrected chi connectivity index (χ1v) is 6.72. The van der Waals surface area contributed by atoms with Crippen LogP contribution in [0.25, 0.3) is 0 Å². The molecule has 5 nitrogen and oxygen atoms in total. The molecule has 0 atom stereocenters. The summed E-state index contributed by atoms with van der Waals surface area (Å²) in [6.07, 6.45) is 1.82. The number of nitrogens with zero attached hydrogens (tertiary/aromatic N) is 4. The average molecular weight is 311 g/mol. The van der Waals surface area contributed by atoms with E-state index in [1.165, 1.54) is 9.47 Å². The van der Waals surface area contributed by atoms with E-state index in [4.69, 9.17) is 0 Å². The predicted molar refractivity (Wildman–Crippen MR) is 69.8 cm³/mol. The molecule has 0 radical (unpaired) electrons. The number of rotatable bonds is 0. The van der Waals surface area contributed by atoms with Gasteiger partial charge in [-0.15, -0.1) is 0 Å². The molecule has 2 aromatic heterocycles. The fourth-order valence-corrected chi connectivity index (χ4v) is 2.47. The summed E-state index contributed by atoms with van der Waals surface area (Å²) in [4.78, 5) is 17.7. The summed E-state index contributed by atoms with van der Waals surface area (Å²) in [5, 5.41) is 0. The third-order valence-electron chi connectivity index (χ3n) is 3.63. The number of amides is 1. The van der Waals surface area contributed by atoms with E-state index >= 15 is 0 Å². The van der Waals surface area contributed by atoms with Gasteiger partial charge in [-0.05, 0) is 11.6 Å². The Kier molecular flexibility index (Phi) is 3.38. The number of fused-ring (bicyclic) bond motifs is 1. The van der Waals surface area contributed by atoms with Crippen molar-refractivity contribution in [2.75, 3.05) is 6.54 Å². The normalized spacial score (nSPS) is 14.8. The minimum Gasteiger partial charge on any atom is -0.300 e. The van der Waals surface area contributed by atoms with E-state index in [1.807, 2.05) is 0 Å². The van der Waals surface area contributed by atoms with Crippen molar-refractivity contribution in [2.24, 2.45) is 7.05 Å².